The molecule has 0 spiro atoms. The third-order valence-corrected chi connectivity index (χ3v) is 3.94. The summed E-state index contributed by atoms with van der Waals surface area (Å²) in [5, 5.41) is 3.39. The van der Waals surface area contributed by atoms with Crippen LogP contribution in [-0.2, 0) is 0 Å². The Bertz CT molecular complexity index is 432. The summed E-state index contributed by atoms with van der Waals surface area (Å²) in [6, 6.07) is 6.31. The van der Waals surface area contributed by atoms with Crippen LogP contribution in [0.3, 0.4) is 0 Å². The molecule has 1 saturated carbocycles. The van der Waals surface area contributed by atoms with E-state index in [1.165, 1.54) is 0 Å². The molecule has 0 aromatic heterocycles. The average Bonchev–Trinajstić information content (AvgIpc) is 2.33. The summed E-state index contributed by atoms with van der Waals surface area (Å²) in [5.74, 6) is -1.11. The van der Waals surface area contributed by atoms with E-state index in [0.717, 1.165) is 16.8 Å². The second-order valence-electron chi connectivity index (χ2n) is 5.55. The minimum atomic E-state index is -4.02. The second-order valence-corrected chi connectivity index (χ2v) is 5.55. The Labute approximate surface area is 112 Å². The molecule has 1 N–H and O–H groups in total. The van der Waals surface area contributed by atoms with Crippen molar-refractivity contribution in [2.45, 2.75) is 51.7 Å². The molecular weight excluding hydrogens is 251 g/mol. The van der Waals surface area contributed by atoms with Crippen molar-refractivity contribution < 1.29 is 13.2 Å². The van der Waals surface area contributed by atoms with Crippen LogP contribution < -0.4 is 5.32 Å². The maximum Gasteiger partial charge on any atom is 0.391 e. The highest BCUT2D eigenvalue weighted by Crippen LogP contribution is 2.38. The van der Waals surface area contributed by atoms with Crippen LogP contribution in [0.1, 0.15) is 36.8 Å². The maximum absolute atomic E-state index is 12.6. The van der Waals surface area contributed by atoms with Gasteiger partial charge in [-0.1, -0.05) is 12.1 Å². The molecule has 0 bridgehead atoms. The summed E-state index contributed by atoms with van der Waals surface area (Å²) in [6.45, 7) is 4.04. The summed E-state index contributed by atoms with van der Waals surface area (Å²) in [6.07, 6.45) is -2.35. The van der Waals surface area contributed by atoms with E-state index >= 15 is 0 Å². The van der Waals surface area contributed by atoms with Crippen LogP contribution in [0.4, 0.5) is 18.9 Å². The topological polar surface area (TPSA) is 12.0 Å². The number of rotatable bonds is 2. The Hall–Kier alpha value is -1.19. The molecule has 0 saturated heterocycles. The van der Waals surface area contributed by atoms with Gasteiger partial charge < -0.3 is 5.32 Å². The zero-order valence-electron chi connectivity index (χ0n) is 11.3. The second kappa shape index (κ2) is 5.43. The fourth-order valence-electron chi connectivity index (χ4n) is 2.68. The van der Waals surface area contributed by atoms with E-state index < -0.39 is 12.1 Å². The van der Waals surface area contributed by atoms with E-state index in [4.69, 9.17) is 0 Å². The number of hydrogen-bond donors (Lipinski definition) is 1. The van der Waals surface area contributed by atoms with Crippen LogP contribution in [-0.4, -0.2) is 12.2 Å². The predicted molar refractivity (Wildman–Crippen MR) is 71.3 cm³/mol. The summed E-state index contributed by atoms with van der Waals surface area (Å²) in [4.78, 5) is 0. The van der Waals surface area contributed by atoms with Crippen molar-refractivity contribution in [3.05, 3.63) is 29.3 Å². The average molecular weight is 271 g/mol. The van der Waals surface area contributed by atoms with Crippen molar-refractivity contribution in [3.63, 3.8) is 0 Å². The van der Waals surface area contributed by atoms with Gasteiger partial charge in [0.15, 0.2) is 0 Å². The van der Waals surface area contributed by atoms with Gasteiger partial charge in [0.2, 0.25) is 0 Å². The molecule has 1 aliphatic rings. The fraction of sp³-hybridized carbons (Fsp3) is 0.600. The van der Waals surface area contributed by atoms with Crippen molar-refractivity contribution in [1.82, 2.24) is 0 Å². The minimum Gasteiger partial charge on any atom is -0.382 e. The normalized spacial score (nSPS) is 24.3. The maximum atomic E-state index is 12.6. The molecule has 2 rings (SSSR count). The molecule has 0 atom stereocenters. The van der Waals surface area contributed by atoms with Crippen molar-refractivity contribution in [1.29, 1.82) is 0 Å². The molecule has 106 valence electrons. The molecule has 0 radical (unpaired) electrons. The van der Waals surface area contributed by atoms with Crippen LogP contribution >= 0.6 is 0 Å². The molecular formula is C15H20F3N. The quantitative estimate of drug-likeness (QED) is 0.811. The van der Waals surface area contributed by atoms with Gasteiger partial charge in [0.05, 0.1) is 5.92 Å². The van der Waals surface area contributed by atoms with E-state index in [9.17, 15) is 13.2 Å². The Morgan fingerprint density at radius 1 is 1.05 bits per heavy atom. The third-order valence-electron chi connectivity index (χ3n) is 3.94. The summed E-state index contributed by atoms with van der Waals surface area (Å²) in [5.41, 5.74) is 3.36. The number of hydrogen-bond acceptors (Lipinski definition) is 1. The molecule has 0 unspecified atom stereocenters. The Morgan fingerprint density at radius 3 is 2.26 bits per heavy atom. The molecule has 0 heterocycles. The molecule has 4 heteroatoms. The van der Waals surface area contributed by atoms with Crippen molar-refractivity contribution >= 4 is 5.69 Å². The molecule has 1 nitrogen and oxygen atoms in total. The van der Waals surface area contributed by atoms with Crippen molar-refractivity contribution in [2.75, 3.05) is 5.32 Å². The lowest BCUT2D eigenvalue weighted by Gasteiger charge is -2.31. The zero-order valence-corrected chi connectivity index (χ0v) is 11.3. The predicted octanol–water partition coefficient (Wildman–Crippen LogP) is 4.84. The Morgan fingerprint density at radius 2 is 1.68 bits per heavy atom. The van der Waals surface area contributed by atoms with Gasteiger partial charge in [0.1, 0.15) is 0 Å². The number of aryl methyl sites for hydroxylation is 2. The SMILES string of the molecule is Cc1ccc(C)c(NC2CCC(C(F)(F)F)CC2)c1. The van der Waals surface area contributed by atoms with Gasteiger partial charge >= 0.3 is 6.18 Å². The Balaban J connectivity index is 1.94. The standard InChI is InChI=1S/C15H20F3N/c1-10-3-4-11(2)14(9-10)19-13-7-5-12(6-8-13)15(16,17)18/h3-4,9,12-13,19H,5-8H2,1-2H3. The number of benzene rings is 1. The molecule has 1 fully saturated rings. The van der Waals surface area contributed by atoms with E-state index in [-0.39, 0.29) is 18.9 Å². The molecule has 0 amide bonds. The van der Waals surface area contributed by atoms with Crippen LogP contribution in [0.5, 0.6) is 0 Å². The summed E-state index contributed by atoms with van der Waals surface area (Å²) in [7, 11) is 0. The zero-order chi connectivity index (χ0) is 14.0. The highest BCUT2D eigenvalue weighted by Gasteiger charge is 2.41. The number of anilines is 1. The number of nitrogens with one attached hydrogen (secondary N) is 1. The van der Waals surface area contributed by atoms with Gasteiger partial charge in [-0.2, -0.15) is 13.2 Å². The number of alkyl halides is 3. The van der Waals surface area contributed by atoms with E-state index in [0.29, 0.717) is 12.8 Å². The van der Waals surface area contributed by atoms with Crippen molar-refractivity contribution in [2.24, 2.45) is 5.92 Å². The minimum absolute atomic E-state index is 0.166. The monoisotopic (exact) mass is 271 g/mol. The fourth-order valence-corrected chi connectivity index (χ4v) is 2.68. The molecule has 1 aromatic rings. The van der Waals surface area contributed by atoms with Gasteiger partial charge in [-0.15, -0.1) is 0 Å². The molecule has 0 aliphatic heterocycles. The largest absolute Gasteiger partial charge is 0.391 e. The summed E-state index contributed by atoms with van der Waals surface area (Å²) >= 11 is 0. The van der Waals surface area contributed by atoms with Gasteiger partial charge in [0.25, 0.3) is 0 Å². The lowest BCUT2D eigenvalue weighted by Crippen LogP contribution is -2.32. The molecule has 19 heavy (non-hydrogen) atoms. The van der Waals surface area contributed by atoms with Gasteiger partial charge in [0, 0.05) is 11.7 Å². The Kier molecular flexibility index (Phi) is 4.07. The number of halogens is 3. The van der Waals surface area contributed by atoms with Gasteiger partial charge in [-0.05, 0) is 56.7 Å². The summed E-state index contributed by atoms with van der Waals surface area (Å²) < 4.78 is 37.8. The van der Waals surface area contributed by atoms with Gasteiger partial charge in [-0.25, -0.2) is 0 Å². The highest BCUT2D eigenvalue weighted by atomic mass is 19.4. The van der Waals surface area contributed by atoms with Crippen LogP contribution in [0, 0.1) is 19.8 Å². The van der Waals surface area contributed by atoms with Crippen LogP contribution in [0.2, 0.25) is 0 Å². The van der Waals surface area contributed by atoms with Gasteiger partial charge in [-0.3, -0.25) is 0 Å². The lowest BCUT2D eigenvalue weighted by atomic mass is 9.85. The first-order valence-electron chi connectivity index (χ1n) is 6.77. The first-order valence-corrected chi connectivity index (χ1v) is 6.77. The first kappa shape index (κ1) is 14.2. The lowest BCUT2D eigenvalue weighted by molar-refractivity contribution is -0.182. The molecule has 1 aliphatic carbocycles. The van der Waals surface area contributed by atoms with Crippen LogP contribution in [0.15, 0.2) is 18.2 Å². The smallest absolute Gasteiger partial charge is 0.382 e. The van der Waals surface area contributed by atoms with E-state index in [1.807, 2.05) is 26.0 Å². The van der Waals surface area contributed by atoms with E-state index in [1.54, 1.807) is 0 Å². The first-order chi connectivity index (χ1) is 8.86. The third kappa shape index (κ3) is 3.64. The van der Waals surface area contributed by atoms with E-state index in [2.05, 4.69) is 11.4 Å². The molecule has 1 aromatic carbocycles. The highest BCUT2D eigenvalue weighted by molar-refractivity contribution is 5.53. The van der Waals surface area contributed by atoms with Crippen molar-refractivity contribution in [3.8, 4) is 0 Å². The van der Waals surface area contributed by atoms with Crippen LogP contribution in [0.25, 0.3) is 0 Å².